The molecule has 7 heteroatoms. The van der Waals surface area contributed by atoms with Crippen molar-refractivity contribution in [2.45, 2.75) is 20.5 Å². The summed E-state index contributed by atoms with van der Waals surface area (Å²) in [6, 6.07) is 8.50. The molecule has 0 radical (unpaired) electrons. The Kier molecular flexibility index (Phi) is 6.65. The Morgan fingerprint density at radius 3 is 2.32 bits per heavy atom. The second-order valence-corrected chi connectivity index (χ2v) is 6.87. The molecular formula is C24H24O7. The van der Waals surface area contributed by atoms with Gasteiger partial charge in [-0.05, 0) is 37.1 Å². The number of carbonyl (C=O) groups is 1. The first kappa shape index (κ1) is 22.0. The molecule has 1 heterocycles. The van der Waals surface area contributed by atoms with Crippen LogP contribution in [0.2, 0.25) is 0 Å². The number of esters is 1. The summed E-state index contributed by atoms with van der Waals surface area (Å²) in [5, 5.41) is 0.737. The third-order valence-electron chi connectivity index (χ3n) is 5.02. The van der Waals surface area contributed by atoms with E-state index in [2.05, 4.69) is 0 Å². The molecule has 0 aliphatic heterocycles. The van der Waals surface area contributed by atoms with Crippen molar-refractivity contribution in [1.29, 1.82) is 0 Å². The van der Waals surface area contributed by atoms with Crippen LogP contribution < -0.4 is 19.8 Å². The molecular weight excluding hydrogens is 400 g/mol. The minimum atomic E-state index is -0.568. The Morgan fingerprint density at radius 1 is 0.968 bits per heavy atom. The van der Waals surface area contributed by atoms with Crippen LogP contribution in [0.3, 0.4) is 0 Å². The molecule has 7 nitrogen and oxygen atoms in total. The van der Waals surface area contributed by atoms with E-state index in [-0.39, 0.29) is 6.61 Å². The highest BCUT2D eigenvalue weighted by Gasteiger charge is 2.12. The van der Waals surface area contributed by atoms with Crippen molar-refractivity contribution >= 4 is 23.0 Å². The lowest BCUT2D eigenvalue weighted by Gasteiger charge is -2.12. The predicted molar refractivity (Wildman–Crippen MR) is 117 cm³/mol. The van der Waals surface area contributed by atoms with Gasteiger partial charge in [0.25, 0.3) is 0 Å². The number of ether oxygens (including phenoxy) is 4. The predicted octanol–water partition coefficient (Wildman–Crippen LogP) is 4.19. The smallest absolute Gasteiger partial charge is 0.336 e. The van der Waals surface area contributed by atoms with E-state index in [9.17, 15) is 9.59 Å². The summed E-state index contributed by atoms with van der Waals surface area (Å²) in [4.78, 5) is 24.3. The molecule has 162 valence electrons. The molecule has 0 saturated carbocycles. The summed E-state index contributed by atoms with van der Waals surface area (Å²) in [6.45, 7) is 3.77. The van der Waals surface area contributed by atoms with E-state index in [0.717, 1.165) is 16.5 Å². The Hall–Kier alpha value is -3.74. The first-order valence-corrected chi connectivity index (χ1v) is 9.55. The van der Waals surface area contributed by atoms with Crippen molar-refractivity contribution < 1.29 is 28.2 Å². The Balaban J connectivity index is 1.81. The van der Waals surface area contributed by atoms with Crippen LogP contribution in [0.4, 0.5) is 0 Å². The molecule has 2 aromatic carbocycles. The Labute approximate surface area is 179 Å². The zero-order chi connectivity index (χ0) is 22.5. The third-order valence-corrected chi connectivity index (χ3v) is 5.02. The maximum absolute atomic E-state index is 12.3. The maximum atomic E-state index is 12.3. The first-order valence-electron chi connectivity index (χ1n) is 9.55. The zero-order valence-corrected chi connectivity index (χ0v) is 18.1. The number of aryl methyl sites for hydroxylation is 2. The van der Waals surface area contributed by atoms with Crippen LogP contribution in [-0.2, 0) is 16.1 Å². The molecule has 0 bridgehead atoms. The van der Waals surface area contributed by atoms with Gasteiger partial charge in [0.15, 0.2) is 11.5 Å². The van der Waals surface area contributed by atoms with Crippen LogP contribution in [0.15, 0.2) is 45.6 Å². The second-order valence-electron chi connectivity index (χ2n) is 6.87. The summed E-state index contributed by atoms with van der Waals surface area (Å²) >= 11 is 0. The van der Waals surface area contributed by atoms with E-state index in [1.165, 1.54) is 33.5 Å². The van der Waals surface area contributed by atoms with E-state index in [1.54, 1.807) is 18.2 Å². The van der Waals surface area contributed by atoms with Gasteiger partial charge in [0.2, 0.25) is 0 Å². The fourth-order valence-corrected chi connectivity index (χ4v) is 3.18. The minimum Gasteiger partial charge on any atom is -0.496 e. The van der Waals surface area contributed by atoms with Gasteiger partial charge in [-0.1, -0.05) is 12.1 Å². The molecule has 3 aromatic rings. The van der Waals surface area contributed by atoms with Crippen molar-refractivity contribution in [1.82, 2.24) is 0 Å². The highest BCUT2D eigenvalue weighted by molar-refractivity contribution is 5.88. The summed E-state index contributed by atoms with van der Waals surface area (Å²) in [5.74, 6) is 0.963. The van der Waals surface area contributed by atoms with E-state index in [4.69, 9.17) is 23.4 Å². The van der Waals surface area contributed by atoms with Crippen LogP contribution in [0.25, 0.3) is 17.0 Å². The van der Waals surface area contributed by atoms with Gasteiger partial charge in [0, 0.05) is 34.7 Å². The van der Waals surface area contributed by atoms with Crippen LogP contribution in [0.1, 0.15) is 22.3 Å². The molecule has 0 atom stereocenters. The van der Waals surface area contributed by atoms with Crippen molar-refractivity contribution in [3.63, 3.8) is 0 Å². The molecule has 0 aliphatic carbocycles. The van der Waals surface area contributed by atoms with Gasteiger partial charge < -0.3 is 23.4 Å². The molecule has 0 spiro atoms. The zero-order valence-electron chi connectivity index (χ0n) is 18.1. The number of benzene rings is 2. The molecule has 0 unspecified atom stereocenters. The Bertz CT molecular complexity index is 1200. The summed E-state index contributed by atoms with van der Waals surface area (Å²) in [7, 11) is 4.57. The van der Waals surface area contributed by atoms with Crippen molar-refractivity contribution in [2.24, 2.45) is 0 Å². The average Bonchev–Trinajstić information content (AvgIpc) is 2.77. The van der Waals surface area contributed by atoms with Gasteiger partial charge in [-0.25, -0.2) is 9.59 Å². The summed E-state index contributed by atoms with van der Waals surface area (Å²) in [5.41, 5.74) is 3.11. The first-order chi connectivity index (χ1) is 14.9. The molecule has 1 aromatic heterocycles. The standard InChI is InChI=1S/C24H24O7/c1-14-6-8-18-17(11-23(26)31-24(18)15(14)2)13-30-22(25)9-7-16-10-20(28-4)21(29-5)12-19(16)27-3/h6-12H,13H2,1-5H3/b9-7+. The van der Waals surface area contributed by atoms with Crippen LogP contribution >= 0.6 is 0 Å². The lowest BCUT2D eigenvalue weighted by molar-refractivity contribution is -0.138. The largest absolute Gasteiger partial charge is 0.496 e. The SMILES string of the molecule is COc1cc(OC)c(OC)cc1/C=C/C(=O)OCc1cc(=O)oc2c(C)c(C)ccc12. The van der Waals surface area contributed by atoms with Crippen molar-refractivity contribution in [3.8, 4) is 17.2 Å². The van der Waals surface area contributed by atoms with Crippen LogP contribution in [0.5, 0.6) is 17.2 Å². The fourth-order valence-electron chi connectivity index (χ4n) is 3.18. The van der Waals surface area contributed by atoms with Gasteiger partial charge in [-0.3, -0.25) is 0 Å². The van der Waals surface area contributed by atoms with E-state index in [0.29, 0.717) is 34.0 Å². The number of carbonyl (C=O) groups excluding carboxylic acids is 1. The van der Waals surface area contributed by atoms with Gasteiger partial charge in [-0.2, -0.15) is 0 Å². The lowest BCUT2D eigenvalue weighted by Crippen LogP contribution is -2.06. The van der Waals surface area contributed by atoms with Gasteiger partial charge in [0.1, 0.15) is 17.9 Å². The number of rotatable bonds is 7. The number of hydrogen-bond donors (Lipinski definition) is 0. The molecule has 0 fully saturated rings. The average molecular weight is 424 g/mol. The second kappa shape index (κ2) is 9.38. The molecule has 0 aliphatic rings. The molecule has 31 heavy (non-hydrogen) atoms. The maximum Gasteiger partial charge on any atom is 0.336 e. The summed E-state index contributed by atoms with van der Waals surface area (Å²) < 4.78 is 26.6. The number of hydrogen-bond acceptors (Lipinski definition) is 7. The van der Waals surface area contributed by atoms with Gasteiger partial charge >= 0.3 is 11.6 Å². The highest BCUT2D eigenvalue weighted by Crippen LogP contribution is 2.35. The highest BCUT2D eigenvalue weighted by atomic mass is 16.5. The van der Waals surface area contributed by atoms with Crippen molar-refractivity contribution in [3.05, 3.63) is 69.1 Å². The molecule has 0 saturated heterocycles. The van der Waals surface area contributed by atoms with E-state index >= 15 is 0 Å². The van der Waals surface area contributed by atoms with E-state index < -0.39 is 11.6 Å². The van der Waals surface area contributed by atoms with Gasteiger partial charge in [0.05, 0.1) is 21.3 Å². The molecule has 0 amide bonds. The number of methoxy groups -OCH3 is 3. The van der Waals surface area contributed by atoms with Crippen LogP contribution in [-0.4, -0.2) is 27.3 Å². The van der Waals surface area contributed by atoms with Crippen LogP contribution in [0, 0.1) is 13.8 Å². The normalized spacial score (nSPS) is 11.0. The fraction of sp³-hybridized carbons (Fsp3) is 0.250. The van der Waals surface area contributed by atoms with E-state index in [1.807, 2.05) is 26.0 Å². The summed E-state index contributed by atoms with van der Waals surface area (Å²) in [6.07, 6.45) is 2.85. The Morgan fingerprint density at radius 2 is 1.65 bits per heavy atom. The van der Waals surface area contributed by atoms with Crippen molar-refractivity contribution in [2.75, 3.05) is 21.3 Å². The quantitative estimate of drug-likeness (QED) is 0.319. The number of fused-ring (bicyclic) bond motifs is 1. The monoisotopic (exact) mass is 424 g/mol. The van der Waals surface area contributed by atoms with Gasteiger partial charge in [-0.15, -0.1) is 0 Å². The molecule has 0 N–H and O–H groups in total. The lowest BCUT2D eigenvalue weighted by atomic mass is 10.0. The topological polar surface area (TPSA) is 84.2 Å². The molecule has 3 rings (SSSR count). The minimum absolute atomic E-state index is 0.0587. The third kappa shape index (κ3) is 4.71.